The van der Waals surface area contributed by atoms with Crippen molar-refractivity contribution < 1.29 is 5.11 Å². The van der Waals surface area contributed by atoms with E-state index in [1.807, 2.05) is 48.5 Å². The molecule has 0 spiro atoms. The predicted molar refractivity (Wildman–Crippen MR) is 105 cm³/mol. The summed E-state index contributed by atoms with van der Waals surface area (Å²) in [6.07, 6.45) is 0.713. The minimum absolute atomic E-state index is 0.0547. The van der Waals surface area contributed by atoms with Crippen molar-refractivity contribution in [2.24, 2.45) is 11.8 Å². The Morgan fingerprint density at radius 2 is 1.20 bits per heavy atom. The molecule has 2 N–H and O–H groups in total. The molecule has 2 aromatic carbocycles. The molecule has 1 unspecified atom stereocenters. The minimum atomic E-state index is -0.750. The van der Waals surface area contributed by atoms with Gasteiger partial charge in [-0.25, -0.2) is 0 Å². The zero-order valence-corrected chi connectivity index (χ0v) is 16.4. The fourth-order valence-corrected chi connectivity index (χ4v) is 4.48. The first kappa shape index (κ1) is 18.7. The summed E-state index contributed by atoms with van der Waals surface area (Å²) >= 11 is 12.1. The van der Waals surface area contributed by atoms with Gasteiger partial charge in [0.15, 0.2) is 0 Å². The molecule has 0 saturated carbocycles. The lowest BCUT2D eigenvalue weighted by molar-refractivity contribution is -0.113. The Morgan fingerprint density at radius 1 is 0.840 bits per heavy atom. The summed E-state index contributed by atoms with van der Waals surface area (Å²) in [6.45, 7) is 6.32. The smallest absolute Gasteiger partial charge is 0.0732 e. The Balaban J connectivity index is 2.01. The van der Waals surface area contributed by atoms with E-state index in [1.165, 1.54) is 0 Å². The van der Waals surface area contributed by atoms with E-state index in [4.69, 9.17) is 23.2 Å². The Labute approximate surface area is 160 Å². The number of rotatable bonds is 3. The lowest BCUT2D eigenvalue weighted by atomic mass is 9.65. The largest absolute Gasteiger partial charge is 0.389 e. The Bertz CT molecular complexity index is 656. The molecule has 134 valence electrons. The van der Waals surface area contributed by atoms with Gasteiger partial charge in [-0.15, -0.1) is 0 Å². The summed E-state index contributed by atoms with van der Waals surface area (Å²) in [4.78, 5) is 0. The van der Waals surface area contributed by atoms with E-state index in [-0.39, 0.29) is 23.9 Å². The number of hydrogen-bond acceptors (Lipinski definition) is 2. The fraction of sp³-hybridized carbons (Fsp3) is 0.429. The number of benzene rings is 2. The van der Waals surface area contributed by atoms with Crippen molar-refractivity contribution in [2.45, 2.75) is 44.9 Å². The van der Waals surface area contributed by atoms with Gasteiger partial charge in [0.1, 0.15) is 0 Å². The van der Waals surface area contributed by atoms with Gasteiger partial charge in [0, 0.05) is 34.0 Å². The first-order valence-corrected chi connectivity index (χ1v) is 9.61. The van der Waals surface area contributed by atoms with Crippen LogP contribution in [0.4, 0.5) is 0 Å². The first-order chi connectivity index (χ1) is 11.9. The van der Waals surface area contributed by atoms with Gasteiger partial charge in [-0.05, 0) is 41.8 Å². The Hall–Kier alpha value is -1.06. The van der Waals surface area contributed by atoms with Crippen LogP contribution in [0.1, 0.15) is 50.4 Å². The molecule has 1 fully saturated rings. The van der Waals surface area contributed by atoms with Gasteiger partial charge in [0.05, 0.1) is 5.60 Å². The maximum Gasteiger partial charge on any atom is 0.0732 e. The maximum absolute atomic E-state index is 11.5. The summed E-state index contributed by atoms with van der Waals surface area (Å²) in [6, 6.07) is 15.9. The molecule has 0 aliphatic carbocycles. The lowest BCUT2D eigenvalue weighted by Gasteiger charge is -2.52. The highest BCUT2D eigenvalue weighted by Gasteiger charge is 2.49. The van der Waals surface area contributed by atoms with Gasteiger partial charge >= 0.3 is 0 Å². The van der Waals surface area contributed by atoms with Gasteiger partial charge < -0.3 is 10.4 Å². The van der Waals surface area contributed by atoms with Gasteiger partial charge in [-0.1, -0.05) is 68.2 Å². The Kier molecular flexibility index (Phi) is 5.45. The van der Waals surface area contributed by atoms with Crippen molar-refractivity contribution in [1.29, 1.82) is 0 Å². The van der Waals surface area contributed by atoms with Crippen LogP contribution in [0.25, 0.3) is 0 Å². The summed E-state index contributed by atoms with van der Waals surface area (Å²) in [7, 11) is 0. The second-order valence-corrected chi connectivity index (χ2v) is 8.02. The van der Waals surface area contributed by atoms with Crippen LogP contribution >= 0.6 is 23.2 Å². The number of hydrogen-bond donors (Lipinski definition) is 2. The quantitative estimate of drug-likeness (QED) is 0.708. The SMILES string of the molecule is CCC1(O)[C@H](C)[C@H](c2ccc(Cl)cc2)N[C@@H](c2ccc(Cl)cc2)[C@@H]1C. The Morgan fingerprint density at radius 3 is 1.52 bits per heavy atom. The predicted octanol–water partition coefficient (Wildman–Crippen LogP) is 5.79. The molecular formula is C21H25Cl2NO. The third-order valence-corrected chi connectivity index (χ3v) is 6.46. The monoisotopic (exact) mass is 377 g/mol. The van der Waals surface area contributed by atoms with E-state index in [0.29, 0.717) is 6.42 Å². The lowest BCUT2D eigenvalue weighted by Crippen LogP contribution is -2.57. The highest BCUT2D eigenvalue weighted by molar-refractivity contribution is 6.30. The van der Waals surface area contributed by atoms with E-state index in [2.05, 4.69) is 26.1 Å². The number of nitrogens with one attached hydrogen (secondary N) is 1. The van der Waals surface area contributed by atoms with E-state index in [1.54, 1.807) is 0 Å². The molecule has 2 nitrogen and oxygen atoms in total. The molecule has 3 rings (SSSR count). The zero-order chi connectivity index (χ0) is 18.2. The standard InChI is InChI=1S/C21H25Cl2NO/c1-4-21(25)13(2)19(15-5-9-17(22)10-6-15)24-20(14(21)3)16-7-11-18(23)12-8-16/h5-14,19-20,24-25H,4H2,1-3H3/t13-,14+,19-,20-,21?/m1/s1. The van der Waals surface area contributed by atoms with Gasteiger partial charge in [-0.3, -0.25) is 0 Å². The van der Waals surface area contributed by atoms with Crippen molar-refractivity contribution in [2.75, 3.05) is 0 Å². The van der Waals surface area contributed by atoms with Gasteiger partial charge in [-0.2, -0.15) is 0 Å². The first-order valence-electron chi connectivity index (χ1n) is 8.86. The highest BCUT2D eigenvalue weighted by Crippen LogP contribution is 2.48. The normalized spacial score (nSPS) is 32.6. The highest BCUT2D eigenvalue weighted by atomic mass is 35.5. The van der Waals surface area contributed by atoms with Crippen molar-refractivity contribution in [3.8, 4) is 0 Å². The van der Waals surface area contributed by atoms with E-state index in [9.17, 15) is 5.11 Å². The molecule has 1 aliphatic rings. The van der Waals surface area contributed by atoms with Crippen LogP contribution in [-0.4, -0.2) is 10.7 Å². The molecule has 5 atom stereocenters. The van der Waals surface area contributed by atoms with Crippen LogP contribution < -0.4 is 5.32 Å². The van der Waals surface area contributed by atoms with Crippen LogP contribution in [0, 0.1) is 11.8 Å². The van der Waals surface area contributed by atoms with E-state index < -0.39 is 5.60 Å². The topological polar surface area (TPSA) is 32.3 Å². The summed E-state index contributed by atoms with van der Waals surface area (Å²) in [5.41, 5.74) is 1.55. The number of halogens is 2. The summed E-state index contributed by atoms with van der Waals surface area (Å²) in [5.74, 6) is 0.162. The van der Waals surface area contributed by atoms with Crippen molar-refractivity contribution in [3.05, 3.63) is 69.7 Å². The summed E-state index contributed by atoms with van der Waals surface area (Å²) < 4.78 is 0. The molecule has 4 heteroatoms. The van der Waals surface area contributed by atoms with Crippen LogP contribution in [0.5, 0.6) is 0 Å². The van der Waals surface area contributed by atoms with Crippen LogP contribution in [0.3, 0.4) is 0 Å². The third kappa shape index (κ3) is 3.46. The molecule has 2 aromatic rings. The maximum atomic E-state index is 11.5. The van der Waals surface area contributed by atoms with Crippen LogP contribution in [0.15, 0.2) is 48.5 Å². The molecular weight excluding hydrogens is 353 g/mol. The van der Waals surface area contributed by atoms with E-state index >= 15 is 0 Å². The van der Waals surface area contributed by atoms with E-state index in [0.717, 1.165) is 21.2 Å². The molecule has 0 aromatic heterocycles. The third-order valence-electron chi connectivity index (χ3n) is 5.96. The van der Waals surface area contributed by atoms with Crippen LogP contribution in [0.2, 0.25) is 10.0 Å². The second kappa shape index (κ2) is 7.28. The van der Waals surface area contributed by atoms with Crippen molar-refractivity contribution >= 4 is 23.2 Å². The molecule has 0 bridgehead atoms. The molecule has 25 heavy (non-hydrogen) atoms. The fourth-order valence-electron chi connectivity index (χ4n) is 4.23. The molecule has 1 saturated heterocycles. The minimum Gasteiger partial charge on any atom is -0.389 e. The van der Waals surface area contributed by atoms with Gasteiger partial charge in [0.2, 0.25) is 0 Å². The molecule has 0 radical (unpaired) electrons. The zero-order valence-electron chi connectivity index (χ0n) is 14.8. The summed E-state index contributed by atoms with van der Waals surface area (Å²) in [5, 5.41) is 16.7. The molecule has 1 aliphatic heterocycles. The number of aliphatic hydroxyl groups is 1. The van der Waals surface area contributed by atoms with Crippen molar-refractivity contribution in [3.63, 3.8) is 0 Å². The van der Waals surface area contributed by atoms with Crippen molar-refractivity contribution in [1.82, 2.24) is 5.32 Å². The van der Waals surface area contributed by atoms with Crippen LogP contribution in [-0.2, 0) is 0 Å². The molecule has 1 heterocycles. The van der Waals surface area contributed by atoms with Gasteiger partial charge in [0.25, 0.3) is 0 Å². The average molecular weight is 378 g/mol. The average Bonchev–Trinajstić information content (AvgIpc) is 2.62. The second-order valence-electron chi connectivity index (χ2n) is 7.15. The molecule has 0 amide bonds. The number of piperidine rings is 1.